The molecular formula is C16H19F2N5. The summed E-state index contributed by atoms with van der Waals surface area (Å²) < 4.78 is 26.3. The summed E-state index contributed by atoms with van der Waals surface area (Å²) in [4.78, 5) is 10.9. The minimum Gasteiger partial charge on any atom is -0.354 e. The van der Waals surface area contributed by atoms with Gasteiger partial charge in [-0.3, -0.25) is 4.90 Å². The summed E-state index contributed by atoms with van der Waals surface area (Å²) in [6, 6.07) is 9.42. The lowest BCUT2D eigenvalue weighted by Crippen LogP contribution is -2.46. The molecule has 2 aromatic rings. The molecule has 2 heterocycles. The highest BCUT2D eigenvalue weighted by atomic mass is 19.1. The largest absolute Gasteiger partial charge is 0.354 e. The quantitative estimate of drug-likeness (QED) is 0.684. The molecule has 122 valence electrons. The highest BCUT2D eigenvalue weighted by Gasteiger charge is 2.19. The van der Waals surface area contributed by atoms with Crippen LogP contribution in [-0.2, 0) is 13.1 Å². The maximum Gasteiger partial charge on any atom is 0.313 e. The fraction of sp³-hybridized carbons (Fsp3) is 0.375. The average molecular weight is 319 g/mol. The van der Waals surface area contributed by atoms with E-state index in [1.807, 2.05) is 17.0 Å². The minimum atomic E-state index is -1.03. The van der Waals surface area contributed by atoms with Crippen molar-refractivity contribution in [1.29, 1.82) is 0 Å². The third-order valence-electron chi connectivity index (χ3n) is 4.02. The van der Waals surface area contributed by atoms with Crippen LogP contribution in [0.25, 0.3) is 0 Å². The Bertz CT molecular complexity index is 634. The molecule has 0 radical (unpaired) electrons. The Labute approximate surface area is 133 Å². The van der Waals surface area contributed by atoms with E-state index in [0.29, 0.717) is 25.5 Å². The zero-order chi connectivity index (χ0) is 16.2. The normalized spacial score (nSPS) is 15.9. The molecule has 1 saturated heterocycles. The fourth-order valence-corrected chi connectivity index (χ4v) is 2.71. The summed E-state index contributed by atoms with van der Waals surface area (Å²) in [7, 11) is 0. The molecule has 0 unspecified atom stereocenters. The Hall–Kier alpha value is -2.12. The number of hydrogen-bond acceptors (Lipinski definition) is 5. The van der Waals surface area contributed by atoms with Crippen LogP contribution < -0.4 is 10.6 Å². The van der Waals surface area contributed by atoms with Gasteiger partial charge in [0.1, 0.15) is 5.82 Å². The fourth-order valence-electron chi connectivity index (χ4n) is 2.71. The van der Waals surface area contributed by atoms with E-state index in [1.165, 1.54) is 11.6 Å². The van der Waals surface area contributed by atoms with Gasteiger partial charge in [0, 0.05) is 45.3 Å². The van der Waals surface area contributed by atoms with Crippen LogP contribution in [0.1, 0.15) is 11.1 Å². The van der Waals surface area contributed by atoms with Gasteiger partial charge < -0.3 is 10.6 Å². The van der Waals surface area contributed by atoms with Gasteiger partial charge in [-0.1, -0.05) is 24.3 Å². The van der Waals surface area contributed by atoms with Crippen molar-refractivity contribution in [3.05, 3.63) is 53.5 Å². The lowest BCUT2D eigenvalue weighted by Gasteiger charge is -2.35. The van der Waals surface area contributed by atoms with Gasteiger partial charge in [0.25, 0.3) is 0 Å². The van der Waals surface area contributed by atoms with Crippen molar-refractivity contribution in [3.63, 3.8) is 0 Å². The van der Waals surface area contributed by atoms with Crippen molar-refractivity contribution >= 4 is 5.82 Å². The molecule has 0 atom stereocenters. The second kappa shape index (κ2) is 6.97. The van der Waals surface area contributed by atoms with Crippen molar-refractivity contribution in [2.24, 2.45) is 5.73 Å². The molecule has 0 aliphatic carbocycles. The zero-order valence-electron chi connectivity index (χ0n) is 12.8. The van der Waals surface area contributed by atoms with Gasteiger partial charge in [-0.15, -0.1) is 0 Å². The zero-order valence-corrected chi connectivity index (χ0v) is 12.8. The molecule has 2 N–H and O–H groups in total. The summed E-state index contributed by atoms with van der Waals surface area (Å²) in [6.45, 7) is 4.38. The van der Waals surface area contributed by atoms with Crippen LogP contribution >= 0.6 is 0 Å². The van der Waals surface area contributed by atoms with E-state index in [2.05, 4.69) is 27.0 Å². The Balaban J connectivity index is 1.57. The molecule has 1 aliphatic rings. The summed E-state index contributed by atoms with van der Waals surface area (Å²) in [5.41, 5.74) is 7.94. The number of hydrogen-bond donors (Lipinski definition) is 1. The Morgan fingerprint density at radius 3 is 2.22 bits per heavy atom. The van der Waals surface area contributed by atoms with Crippen molar-refractivity contribution < 1.29 is 8.78 Å². The highest BCUT2D eigenvalue weighted by Crippen LogP contribution is 2.16. The average Bonchev–Trinajstić information content (AvgIpc) is 2.55. The maximum atomic E-state index is 13.2. The van der Waals surface area contributed by atoms with E-state index in [1.54, 1.807) is 0 Å². The van der Waals surface area contributed by atoms with Gasteiger partial charge in [-0.05, 0) is 11.1 Å². The lowest BCUT2D eigenvalue weighted by molar-refractivity contribution is 0.249. The number of halogens is 2. The van der Waals surface area contributed by atoms with Crippen LogP contribution in [0.2, 0.25) is 0 Å². The highest BCUT2D eigenvalue weighted by molar-refractivity contribution is 5.37. The lowest BCUT2D eigenvalue weighted by atomic mass is 10.1. The second-order valence-electron chi connectivity index (χ2n) is 5.60. The monoisotopic (exact) mass is 319 g/mol. The van der Waals surface area contributed by atoms with Gasteiger partial charge in [0.05, 0.1) is 0 Å². The molecule has 0 amide bonds. The molecule has 1 aromatic carbocycles. The second-order valence-corrected chi connectivity index (χ2v) is 5.60. The summed E-state index contributed by atoms with van der Waals surface area (Å²) in [5, 5.41) is 0. The van der Waals surface area contributed by atoms with E-state index in [0.717, 1.165) is 25.2 Å². The molecule has 1 aliphatic heterocycles. The number of piperazine rings is 1. The van der Waals surface area contributed by atoms with E-state index in [9.17, 15) is 8.78 Å². The first-order valence-electron chi connectivity index (χ1n) is 7.59. The Morgan fingerprint density at radius 2 is 1.61 bits per heavy atom. The number of benzene rings is 1. The molecule has 23 heavy (non-hydrogen) atoms. The first-order valence-corrected chi connectivity index (χ1v) is 7.59. The number of aromatic nitrogens is 2. The molecule has 0 bridgehead atoms. The Morgan fingerprint density at radius 1 is 0.957 bits per heavy atom. The van der Waals surface area contributed by atoms with Crippen molar-refractivity contribution in [2.45, 2.75) is 13.1 Å². The number of nitrogens with two attached hydrogens (primary N) is 1. The molecule has 3 rings (SSSR count). The van der Waals surface area contributed by atoms with Gasteiger partial charge in [0.15, 0.2) is 0 Å². The van der Waals surface area contributed by atoms with Crippen LogP contribution in [-0.4, -0.2) is 41.0 Å². The van der Waals surface area contributed by atoms with Crippen LogP contribution in [0, 0.1) is 12.0 Å². The Kier molecular flexibility index (Phi) is 4.78. The molecule has 0 spiro atoms. The van der Waals surface area contributed by atoms with Gasteiger partial charge in [-0.25, -0.2) is 0 Å². The van der Waals surface area contributed by atoms with E-state index in [-0.39, 0.29) is 0 Å². The van der Waals surface area contributed by atoms with E-state index >= 15 is 0 Å². The standard InChI is InChI=1S/C16H19F2N5/c17-14-9-15(21-16(18)20-14)23-7-5-22(6-8-23)11-13-3-1-12(10-19)2-4-13/h1-4,9H,5-8,10-11,19H2. The number of nitrogens with zero attached hydrogens (tertiary/aromatic N) is 4. The summed E-state index contributed by atoms with van der Waals surface area (Å²) in [6.07, 6.45) is -1.03. The molecular weight excluding hydrogens is 300 g/mol. The van der Waals surface area contributed by atoms with Crippen LogP contribution in [0.5, 0.6) is 0 Å². The van der Waals surface area contributed by atoms with Crippen molar-refractivity contribution in [3.8, 4) is 0 Å². The molecule has 1 aromatic heterocycles. The smallest absolute Gasteiger partial charge is 0.313 e. The maximum absolute atomic E-state index is 13.2. The van der Waals surface area contributed by atoms with E-state index < -0.39 is 12.0 Å². The number of anilines is 1. The third kappa shape index (κ3) is 4.00. The van der Waals surface area contributed by atoms with Crippen LogP contribution in [0.15, 0.2) is 30.3 Å². The van der Waals surface area contributed by atoms with Crippen LogP contribution in [0.4, 0.5) is 14.6 Å². The molecule has 0 saturated carbocycles. The van der Waals surface area contributed by atoms with Gasteiger partial charge in [0.2, 0.25) is 5.95 Å². The van der Waals surface area contributed by atoms with Gasteiger partial charge >= 0.3 is 6.08 Å². The first kappa shape index (κ1) is 15.8. The number of rotatable bonds is 4. The van der Waals surface area contributed by atoms with Crippen LogP contribution in [0.3, 0.4) is 0 Å². The first-order chi connectivity index (χ1) is 11.1. The predicted molar refractivity (Wildman–Crippen MR) is 83.8 cm³/mol. The SMILES string of the molecule is NCc1ccc(CN2CCN(c3cc(F)nc(F)n3)CC2)cc1. The topological polar surface area (TPSA) is 58.3 Å². The third-order valence-corrected chi connectivity index (χ3v) is 4.02. The summed E-state index contributed by atoms with van der Waals surface area (Å²) in [5.74, 6) is -0.531. The molecule has 5 nitrogen and oxygen atoms in total. The predicted octanol–water partition coefficient (Wildman–Crippen LogP) is 1.54. The minimum absolute atomic E-state index is 0.307. The van der Waals surface area contributed by atoms with Gasteiger partial charge in [-0.2, -0.15) is 18.7 Å². The van der Waals surface area contributed by atoms with Crippen molar-refractivity contribution in [2.75, 3.05) is 31.1 Å². The summed E-state index contributed by atoms with van der Waals surface area (Å²) >= 11 is 0. The molecule has 1 fully saturated rings. The van der Waals surface area contributed by atoms with E-state index in [4.69, 9.17) is 5.73 Å². The molecule has 7 heteroatoms. The van der Waals surface area contributed by atoms with Crippen molar-refractivity contribution in [1.82, 2.24) is 14.9 Å².